The number of aromatic nitrogens is 1. The predicted octanol–water partition coefficient (Wildman–Crippen LogP) is 4.27. The summed E-state index contributed by atoms with van der Waals surface area (Å²) in [5, 5.41) is 1.40. The first-order valence-electron chi connectivity index (χ1n) is 8.31. The summed E-state index contributed by atoms with van der Waals surface area (Å²) in [5.74, 6) is 0.535. The molecule has 1 N–H and O–H groups in total. The monoisotopic (exact) mass is 422 g/mol. The molecule has 0 aliphatic carbocycles. The minimum Gasteiger partial charge on any atom is -0.492 e. The minimum absolute atomic E-state index is 0.0892. The van der Waals surface area contributed by atoms with Gasteiger partial charge in [0.05, 0.1) is 16.5 Å². The molecule has 1 heterocycles. The third-order valence-corrected chi connectivity index (χ3v) is 6.62. The molecular formula is C19H19ClN2O3S2. The van der Waals surface area contributed by atoms with Crippen molar-refractivity contribution in [1.29, 1.82) is 0 Å². The lowest BCUT2D eigenvalue weighted by Gasteiger charge is -2.08. The van der Waals surface area contributed by atoms with Crippen LogP contribution in [-0.2, 0) is 16.6 Å². The van der Waals surface area contributed by atoms with Gasteiger partial charge in [0, 0.05) is 17.0 Å². The summed E-state index contributed by atoms with van der Waals surface area (Å²) in [5.41, 5.74) is 1.63. The van der Waals surface area contributed by atoms with Crippen molar-refractivity contribution in [3.05, 3.63) is 70.2 Å². The summed E-state index contributed by atoms with van der Waals surface area (Å²) in [6, 6.07) is 16.6. The van der Waals surface area contributed by atoms with Crippen LogP contribution in [0.3, 0.4) is 0 Å². The van der Waals surface area contributed by atoms with Crippen LogP contribution >= 0.6 is 22.9 Å². The number of halogens is 1. The van der Waals surface area contributed by atoms with E-state index in [4.69, 9.17) is 16.3 Å². The number of nitrogens with zero attached hydrogens (tertiary/aromatic N) is 1. The Morgan fingerprint density at radius 1 is 1.11 bits per heavy atom. The fourth-order valence-electron chi connectivity index (χ4n) is 2.38. The van der Waals surface area contributed by atoms with Crippen molar-refractivity contribution in [2.75, 3.05) is 12.4 Å². The summed E-state index contributed by atoms with van der Waals surface area (Å²) >= 11 is 7.65. The molecule has 3 aromatic rings. The van der Waals surface area contributed by atoms with Crippen molar-refractivity contribution in [2.45, 2.75) is 13.5 Å². The molecule has 0 atom stereocenters. The van der Waals surface area contributed by atoms with E-state index in [2.05, 4.69) is 9.71 Å². The Labute approximate surface area is 168 Å². The maximum atomic E-state index is 12.2. The zero-order valence-corrected chi connectivity index (χ0v) is 17.1. The van der Waals surface area contributed by atoms with E-state index in [9.17, 15) is 8.42 Å². The van der Waals surface area contributed by atoms with Gasteiger partial charge in [-0.05, 0) is 25.1 Å². The molecule has 1 aromatic heterocycles. The Morgan fingerprint density at radius 2 is 1.81 bits per heavy atom. The zero-order chi connectivity index (χ0) is 19.3. The van der Waals surface area contributed by atoms with Gasteiger partial charge in [0.1, 0.15) is 17.4 Å². The van der Waals surface area contributed by atoms with Crippen LogP contribution in [0.2, 0.25) is 5.02 Å². The Hall–Kier alpha value is -1.93. The maximum Gasteiger partial charge on any atom is 0.215 e. The first-order valence-corrected chi connectivity index (χ1v) is 11.2. The van der Waals surface area contributed by atoms with Gasteiger partial charge in [-0.15, -0.1) is 11.3 Å². The average Bonchev–Trinajstić information content (AvgIpc) is 3.02. The second-order valence-electron chi connectivity index (χ2n) is 5.81. The molecule has 0 saturated carbocycles. The molecule has 5 nitrogen and oxygen atoms in total. The van der Waals surface area contributed by atoms with Gasteiger partial charge < -0.3 is 4.74 Å². The Balaban J connectivity index is 1.58. The molecule has 0 aliphatic rings. The molecule has 0 spiro atoms. The number of rotatable bonds is 8. The van der Waals surface area contributed by atoms with E-state index in [1.807, 2.05) is 49.4 Å². The van der Waals surface area contributed by atoms with Gasteiger partial charge in [0.15, 0.2) is 0 Å². The van der Waals surface area contributed by atoms with Crippen molar-refractivity contribution < 1.29 is 13.2 Å². The number of hydrogen-bond acceptors (Lipinski definition) is 5. The summed E-state index contributed by atoms with van der Waals surface area (Å²) in [6.07, 6.45) is 0. The molecular weight excluding hydrogens is 404 g/mol. The van der Waals surface area contributed by atoms with Crippen LogP contribution in [0.25, 0.3) is 10.6 Å². The smallest absolute Gasteiger partial charge is 0.215 e. The second kappa shape index (κ2) is 8.84. The van der Waals surface area contributed by atoms with E-state index in [1.54, 1.807) is 12.1 Å². The van der Waals surface area contributed by atoms with Crippen molar-refractivity contribution in [3.8, 4) is 16.3 Å². The van der Waals surface area contributed by atoms with Gasteiger partial charge in [0.2, 0.25) is 10.0 Å². The van der Waals surface area contributed by atoms with Crippen molar-refractivity contribution in [2.24, 2.45) is 0 Å². The Morgan fingerprint density at radius 3 is 2.56 bits per heavy atom. The van der Waals surface area contributed by atoms with Gasteiger partial charge in [0.25, 0.3) is 0 Å². The van der Waals surface area contributed by atoms with E-state index in [-0.39, 0.29) is 18.9 Å². The summed E-state index contributed by atoms with van der Waals surface area (Å²) < 4.78 is 32.5. The molecule has 0 amide bonds. The van der Waals surface area contributed by atoms with E-state index in [1.165, 1.54) is 11.3 Å². The molecule has 142 valence electrons. The number of thiazole rings is 1. The van der Waals surface area contributed by atoms with Gasteiger partial charge in [-0.1, -0.05) is 48.0 Å². The number of nitrogens with one attached hydrogen (secondary N) is 1. The van der Waals surface area contributed by atoms with Gasteiger partial charge in [-0.3, -0.25) is 0 Å². The van der Waals surface area contributed by atoms with E-state index in [0.717, 1.165) is 21.1 Å². The SMILES string of the molecule is Cc1nc(-c2ccccc2Cl)sc1CNS(=O)(=O)CCOc1ccccc1. The lowest BCUT2D eigenvalue weighted by molar-refractivity contribution is 0.340. The molecule has 0 bridgehead atoms. The van der Waals surface area contributed by atoms with E-state index in [0.29, 0.717) is 10.8 Å². The first kappa shape index (κ1) is 19.8. The lowest BCUT2D eigenvalue weighted by Crippen LogP contribution is -2.28. The molecule has 0 radical (unpaired) electrons. The number of ether oxygens (including phenoxy) is 1. The number of hydrogen-bond donors (Lipinski definition) is 1. The van der Waals surface area contributed by atoms with Crippen LogP contribution in [0.1, 0.15) is 10.6 Å². The third kappa shape index (κ3) is 5.52. The maximum absolute atomic E-state index is 12.2. The van der Waals surface area contributed by atoms with Crippen LogP contribution < -0.4 is 9.46 Å². The normalized spacial score (nSPS) is 11.5. The summed E-state index contributed by atoms with van der Waals surface area (Å²) in [4.78, 5) is 5.38. The molecule has 0 unspecified atom stereocenters. The van der Waals surface area contributed by atoms with Crippen LogP contribution in [0.4, 0.5) is 0 Å². The van der Waals surface area contributed by atoms with E-state index < -0.39 is 10.0 Å². The predicted molar refractivity (Wildman–Crippen MR) is 110 cm³/mol. The zero-order valence-electron chi connectivity index (χ0n) is 14.7. The quantitative estimate of drug-likeness (QED) is 0.588. The van der Waals surface area contributed by atoms with Crippen LogP contribution in [0.15, 0.2) is 54.6 Å². The molecule has 0 fully saturated rings. The summed E-state index contributed by atoms with van der Waals surface area (Å²) in [7, 11) is -3.45. The van der Waals surface area contributed by atoms with Gasteiger partial charge >= 0.3 is 0 Å². The van der Waals surface area contributed by atoms with Crippen molar-refractivity contribution in [3.63, 3.8) is 0 Å². The molecule has 0 saturated heterocycles. The van der Waals surface area contributed by atoms with Crippen molar-refractivity contribution >= 4 is 33.0 Å². The Kier molecular flexibility index (Phi) is 6.49. The highest BCUT2D eigenvalue weighted by Gasteiger charge is 2.15. The lowest BCUT2D eigenvalue weighted by atomic mass is 10.2. The number of para-hydroxylation sites is 1. The van der Waals surface area contributed by atoms with Crippen LogP contribution in [0.5, 0.6) is 5.75 Å². The summed E-state index contributed by atoms with van der Waals surface area (Å²) in [6.45, 7) is 2.15. The van der Waals surface area contributed by atoms with Crippen LogP contribution in [-0.4, -0.2) is 25.8 Å². The molecule has 0 aliphatic heterocycles. The number of benzene rings is 2. The van der Waals surface area contributed by atoms with Gasteiger partial charge in [-0.2, -0.15) is 0 Å². The minimum atomic E-state index is -3.45. The molecule has 8 heteroatoms. The third-order valence-electron chi connectivity index (χ3n) is 3.81. The topological polar surface area (TPSA) is 68.3 Å². The molecule has 3 rings (SSSR count). The highest BCUT2D eigenvalue weighted by atomic mass is 35.5. The van der Waals surface area contributed by atoms with Gasteiger partial charge in [-0.25, -0.2) is 18.1 Å². The average molecular weight is 423 g/mol. The van der Waals surface area contributed by atoms with E-state index >= 15 is 0 Å². The fraction of sp³-hybridized carbons (Fsp3) is 0.211. The largest absolute Gasteiger partial charge is 0.492 e. The second-order valence-corrected chi connectivity index (χ2v) is 9.23. The number of sulfonamides is 1. The number of aryl methyl sites for hydroxylation is 1. The van der Waals surface area contributed by atoms with Crippen LogP contribution in [0, 0.1) is 6.92 Å². The van der Waals surface area contributed by atoms with Crippen molar-refractivity contribution in [1.82, 2.24) is 9.71 Å². The Bertz CT molecular complexity index is 1000. The highest BCUT2D eigenvalue weighted by Crippen LogP contribution is 2.32. The molecule has 27 heavy (non-hydrogen) atoms. The standard InChI is InChI=1S/C19H19ClN2O3S2/c1-14-18(26-19(22-14)16-9-5-6-10-17(16)20)13-21-27(23,24)12-11-25-15-7-3-2-4-8-15/h2-10,21H,11-13H2,1H3. The fourth-order valence-corrected chi connectivity index (χ4v) is 4.60. The first-order chi connectivity index (χ1) is 12.9. The molecule has 2 aromatic carbocycles. The highest BCUT2D eigenvalue weighted by molar-refractivity contribution is 7.89.